The van der Waals surface area contributed by atoms with E-state index in [1.54, 1.807) is 19.1 Å². The fourth-order valence-corrected chi connectivity index (χ4v) is 1.43. The third kappa shape index (κ3) is 4.97. The first-order chi connectivity index (χ1) is 8.65. The molecule has 2 N–H and O–H groups in total. The zero-order valence-electron chi connectivity index (χ0n) is 10.2. The van der Waals surface area contributed by atoms with Gasteiger partial charge in [-0.05, 0) is 24.4 Å². The summed E-state index contributed by atoms with van der Waals surface area (Å²) >= 11 is 5.01. The molecule has 0 aliphatic heterocycles. The molecule has 0 heterocycles. The standard InChI is InChI=1S/C13H16N2O2S/c1-3-8-17-11-7-5-6-10(9-11)14-13(18)15-12(16)4-2/h3,5-7,9H,1,4,8H2,2H3,(H2,14,15,16,18). The van der Waals surface area contributed by atoms with Crippen LogP contribution in [0, 0.1) is 0 Å². The first kappa shape index (κ1) is 14.2. The summed E-state index contributed by atoms with van der Waals surface area (Å²) in [5, 5.41) is 5.76. The van der Waals surface area contributed by atoms with E-state index >= 15 is 0 Å². The Hall–Kier alpha value is -1.88. The lowest BCUT2D eigenvalue weighted by Gasteiger charge is -2.10. The minimum atomic E-state index is -0.119. The van der Waals surface area contributed by atoms with Crippen LogP contribution in [0.25, 0.3) is 0 Å². The minimum absolute atomic E-state index is 0.119. The van der Waals surface area contributed by atoms with E-state index in [1.165, 1.54) is 0 Å². The van der Waals surface area contributed by atoms with Gasteiger partial charge in [0.2, 0.25) is 5.91 Å². The van der Waals surface area contributed by atoms with E-state index in [0.717, 1.165) is 5.69 Å². The topological polar surface area (TPSA) is 50.4 Å². The molecule has 0 aliphatic carbocycles. The van der Waals surface area contributed by atoms with Crippen molar-refractivity contribution in [3.8, 4) is 5.75 Å². The van der Waals surface area contributed by atoms with E-state index < -0.39 is 0 Å². The maximum absolute atomic E-state index is 11.1. The molecule has 0 aliphatic rings. The van der Waals surface area contributed by atoms with Gasteiger partial charge in [0.25, 0.3) is 0 Å². The lowest BCUT2D eigenvalue weighted by Crippen LogP contribution is -2.33. The van der Waals surface area contributed by atoms with Crippen LogP contribution in [0.1, 0.15) is 13.3 Å². The second kappa shape index (κ2) is 7.45. The largest absolute Gasteiger partial charge is 0.489 e. The molecule has 1 rings (SSSR count). The highest BCUT2D eigenvalue weighted by Gasteiger charge is 2.02. The molecule has 1 amide bonds. The van der Waals surface area contributed by atoms with Crippen LogP contribution in [0.15, 0.2) is 36.9 Å². The summed E-state index contributed by atoms with van der Waals surface area (Å²) in [6, 6.07) is 7.31. The van der Waals surface area contributed by atoms with Crippen molar-refractivity contribution in [3.05, 3.63) is 36.9 Å². The number of hydrogen-bond acceptors (Lipinski definition) is 3. The second-order valence-electron chi connectivity index (χ2n) is 3.48. The number of anilines is 1. The first-order valence-electron chi connectivity index (χ1n) is 5.60. The summed E-state index contributed by atoms with van der Waals surface area (Å²) < 4.78 is 5.39. The molecule has 0 unspecified atom stereocenters. The van der Waals surface area contributed by atoms with Gasteiger partial charge in [-0.15, -0.1) is 0 Å². The van der Waals surface area contributed by atoms with Crippen LogP contribution in [0.4, 0.5) is 5.69 Å². The fraction of sp³-hybridized carbons (Fsp3) is 0.231. The Morgan fingerprint density at radius 1 is 1.56 bits per heavy atom. The van der Waals surface area contributed by atoms with Gasteiger partial charge in [0.15, 0.2) is 5.11 Å². The fourth-order valence-electron chi connectivity index (χ4n) is 1.20. The average Bonchev–Trinajstić information content (AvgIpc) is 2.36. The van der Waals surface area contributed by atoms with Crippen molar-refractivity contribution in [2.45, 2.75) is 13.3 Å². The van der Waals surface area contributed by atoms with Crippen LogP contribution in [0.3, 0.4) is 0 Å². The Labute approximate surface area is 112 Å². The van der Waals surface area contributed by atoms with Gasteiger partial charge in [-0.1, -0.05) is 25.6 Å². The van der Waals surface area contributed by atoms with E-state index in [9.17, 15) is 4.79 Å². The normalized spacial score (nSPS) is 9.39. The Morgan fingerprint density at radius 3 is 3.00 bits per heavy atom. The maximum atomic E-state index is 11.1. The third-order valence-corrected chi connectivity index (χ3v) is 2.24. The SMILES string of the molecule is C=CCOc1cccc(NC(=S)NC(=O)CC)c1. The molecular weight excluding hydrogens is 248 g/mol. The Morgan fingerprint density at radius 2 is 2.33 bits per heavy atom. The van der Waals surface area contributed by atoms with Crippen LogP contribution >= 0.6 is 12.2 Å². The smallest absolute Gasteiger partial charge is 0.225 e. The van der Waals surface area contributed by atoms with Gasteiger partial charge in [-0.2, -0.15) is 0 Å². The van der Waals surface area contributed by atoms with Crippen molar-refractivity contribution in [2.24, 2.45) is 0 Å². The number of benzene rings is 1. The summed E-state index contributed by atoms with van der Waals surface area (Å²) in [6.45, 7) is 5.79. The van der Waals surface area contributed by atoms with Gasteiger partial charge in [-0.3, -0.25) is 4.79 Å². The quantitative estimate of drug-likeness (QED) is 0.633. The van der Waals surface area contributed by atoms with Crippen LogP contribution in [-0.4, -0.2) is 17.6 Å². The highest BCUT2D eigenvalue weighted by atomic mass is 32.1. The number of thiocarbonyl (C=S) groups is 1. The summed E-state index contributed by atoms with van der Waals surface area (Å²) in [5.74, 6) is 0.594. The van der Waals surface area contributed by atoms with Crippen molar-refractivity contribution in [1.29, 1.82) is 0 Å². The van der Waals surface area contributed by atoms with Gasteiger partial charge in [0.1, 0.15) is 12.4 Å². The molecule has 1 aromatic rings. The summed E-state index contributed by atoms with van der Waals surface area (Å²) in [5.41, 5.74) is 0.762. The van der Waals surface area contributed by atoms with E-state index in [4.69, 9.17) is 17.0 Å². The Bertz CT molecular complexity index is 446. The molecular formula is C13H16N2O2S. The van der Waals surface area contributed by atoms with E-state index in [-0.39, 0.29) is 11.0 Å². The predicted molar refractivity (Wildman–Crippen MR) is 76.8 cm³/mol. The summed E-state index contributed by atoms with van der Waals surface area (Å²) in [7, 11) is 0. The molecule has 4 nitrogen and oxygen atoms in total. The van der Waals surface area contributed by atoms with E-state index in [1.807, 2.05) is 18.2 Å². The number of ether oxygens (including phenoxy) is 1. The zero-order valence-corrected chi connectivity index (χ0v) is 11.0. The number of nitrogens with one attached hydrogen (secondary N) is 2. The number of amides is 1. The van der Waals surface area contributed by atoms with Crippen LogP contribution in [0.2, 0.25) is 0 Å². The predicted octanol–water partition coefficient (Wildman–Crippen LogP) is 2.47. The number of carbonyl (C=O) groups is 1. The molecule has 0 radical (unpaired) electrons. The van der Waals surface area contributed by atoms with Crippen LogP contribution < -0.4 is 15.4 Å². The molecule has 0 atom stereocenters. The lowest BCUT2D eigenvalue weighted by atomic mass is 10.3. The maximum Gasteiger partial charge on any atom is 0.225 e. The number of carbonyl (C=O) groups excluding carboxylic acids is 1. The molecule has 0 fully saturated rings. The molecule has 0 bridgehead atoms. The van der Waals surface area contributed by atoms with Crippen molar-refractivity contribution >= 4 is 28.9 Å². The molecule has 1 aromatic carbocycles. The highest BCUT2D eigenvalue weighted by Crippen LogP contribution is 2.17. The number of hydrogen-bond donors (Lipinski definition) is 2. The molecule has 0 saturated carbocycles. The average molecular weight is 264 g/mol. The van der Waals surface area contributed by atoms with Crippen molar-refractivity contribution in [1.82, 2.24) is 5.32 Å². The Balaban J connectivity index is 2.58. The summed E-state index contributed by atoms with van der Waals surface area (Å²) in [6.07, 6.45) is 2.07. The molecule has 18 heavy (non-hydrogen) atoms. The van der Waals surface area contributed by atoms with Gasteiger partial charge in [0, 0.05) is 18.2 Å². The highest BCUT2D eigenvalue weighted by molar-refractivity contribution is 7.80. The molecule has 96 valence electrons. The van der Waals surface area contributed by atoms with Crippen molar-refractivity contribution in [3.63, 3.8) is 0 Å². The Kier molecular flexibility index (Phi) is 5.87. The minimum Gasteiger partial charge on any atom is -0.489 e. The van der Waals surface area contributed by atoms with Crippen molar-refractivity contribution in [2.75, 3.05) is 11.9 Å². The molecule has 0 spiro atoms. The van der Waals surface area contributed by atoms with Gasteiger partial charge >= 0.3 is 0 Å². The van der Waals surface area contributed by atoms with Crippen LogP contribution in [-0.2, 0) is 4.79 Å². The van der Waals surface area contributed by atoms with Gasteiger partial charge in [-0.25, -0.2) is 0 Å². The van der Waals surface area contributed by atoms with E-state index in [0.29, 0.717) is 18.8 Å². The number of rotatable bonds is 5. The molecule has 5 heteroatoms. The van der Waals surface area contributed by atoms with E-state index in [2.05, 4.69) is 17.2 Å². The first-order valence-corrected chi connectivity index (χ1v) is 6.01. The molecule has 0 aromatic heterocycles. The van der Waals surface area contributed by atoms with Crippen LogP contribution in [0.5, 0.6) is 5.75 Å². The monoisotopic (exact) mass is 264 g/mol. The third-order valence-electron chi connectivity index (χ3n) is 2.03. The molecule has 0 saturated heterocycles. The summed E-state index contributed by atoms with van der Waals surface area (Å²) in [4.78, 5) is 11.1. The van der Waals surface area contributed by atoms with Gasteiger partial charge in [0.05, 0.1) is 0 Å². The lowest BCUT2D eigenvalue weighted by molar-refractivity contribution is -0.119. The van der Waals surface area contributed by atoms with Crippen molar-refractivity contribution < 1.29 is 9.53 Å². The zero-order chi connectivity index (χ0) is 13.4. The second-order valence-corrected chi connectivity index (χ2v) is 3.89. The van der Waals surface area contributed by atoms with Gasteiger partial charge < -0.3 is 15.4 Å².